The van der Waals surface area contributed by atoms with Crippen LogP contribution >= 0.6 is 0 Å². The Bertz CT molecular complexity index is 1200. The molecule has 4 rings (SSSR count). The Morgan fingerprint density at radius 2 is 2.03 bits per heavy atom. The summed E-state index contributed by atoms with van der Waals surface area (Å²) in [5.41, 5.74) is 2.05. The maximum Gasteiger partial charge on any atom is 0.279 e. The number of alkyl halides is 2. The molecule has 2 atom stereocenters. The summed E-state index contributed by atoms with van der Waals surface area (Å²) in [5, 5.41) is 8.01. The van der Waals surface area contributed by atoms with Crippen molar-refractivity contribution in [2.75, 3.05) is 13.1 Å². The SMILES string of the molecule is Cc1ccccc1ONC(=O)C(C)(c1cccnn1)N1CCC(F)(F)[C@@H](c2ccc(=O)[nH]c2)C1. The molecule has 1 unspecified atom stereocenters. The highest BCUT2D eigenvalue weighted by molar-refractivity contribution is 5.86. The number of hydrogen-bond acceptors (Lipinski definition) is 6. The number of aryl methyl sites for hydroxylation is 1. The molecule has 0 aliphatic carbocycles. The normalized spacial score (nSPS) is 19.7. The second kappa shape index (κ2) is 9.30. The van der Waals surface area contributed by atoms with Crippen molar-refractivity contribution in [2.24, 2.45) is 0 Å². The number of carbonyl (C=O) groups excluding carboxylic acids is 1. The molecule has 34 heavy (non-hydrogen) atoms. The predicted octanol–water partition coefficient (Wildman–Crippen LogP) is 2.92. The highest BCUT2D eigenvalue weighted by Gasteiger charge is 2.52. The number of halogens is 2. The van der Waals surface area contributed by atoms with Gasteiger partial charge in [-0.15, -0.1) is 0 Å². The number of aromatic nitrogens is 3. The Morgan fingerprint density at radius 3 is 2.71 bits per heavy atom. The molecule has 3 heterocycles. The summed E-state index contributed by atoms with van der Waals surface area (Å²) in [5.74, 6) is -4.36. The first-order valence-electron chi connectivity index (χ1n) is 10.8. The van der Waals surface area contributed by atoms with Crippen LogP contribution < -0.4 is 15.9 Å². The van der Waals surface area contributed by atoms with Crippen LogP contribution in [-0.4, -0.2) is 45.0 Å². The Hall–Kier alpha value is -3.66. The van der Waals surface area contributed by atoms with Crippen molar-refractivity contribution in [2.45, 2.75) is 37.6 Å². The molecule has 0 spiro atoms. The van der Waals surface area contributed by atoms with Gasteiger partial charge >= 0.3 is 0 Å². The van der Waals surface area contributed by atoms with Gasteiger partial charge in [-0.3, -0.25) is 14.5 Å². The van der Waals surface area contributed by atoms with Crippen molar-refractivity contribution in [1.82, 2.24) is 25.6 Å². The lowest BCUT2D eigenvalue weighted by atomic mass is 9.83. The van der Waals surface area contributed by atoms with Gasteiger partial charge in [-0.25, -0.2) is 8.78 Å². The number of nitrogens with one attached hydrogen (secondary N) is 2. The van der Waals surface area contributed by atoms with E-state index < -0.39 is 29.7 Å². The molecule has 1 aliphatic rings. The zero-order chi connectivity index (χ0) is 24.3. The monoisotopic (exact) mass is 469 g/mol. The number of nitrogens with zero attached hydrogens (tertiary/aromatic N) is 3. The summed E-state index contributed by atoms with van der Waals surface area (Å²) in [4.78, 5) is 34.6. The van der Waals surface area contributed by atoms with Gasteiger partial charge in [-0.05, 0) is 43.2 Å². The lowest BCUT2D eigenvalue weighted by molar-refractivity contribution is -0.148. The highest BCUT2D eigenvalue weighted by atomic mass is 19.3. The van der Waals surface area contributed by atoms with Gasteiger partial charge in [0.25, 0.3) is 11.8 Å². The smallest absolute Gasteiger partial charge is 0.279 e. The van der Waals surface area contributed by atoms with Gasteiger partial charge in [0.05, 0.1) is 11.6 Å². The second-order valence-electron chi connectivity index (χ2n) is 8.48. The van der Waals surface area contributed by atoms with E-state index in [0.29, 0.717) is 11.4 Å². The van der Waals surface area contributed by atoms with E-state index in [9.17, 15) is 18.4 Å². The first-order chi connectivity index (χ1) is 16.2. The summed E-state index contributed by atoms with van der Waals surface area (Å²) < 4.78 is 29.9. The van der Waals surface area contributed by atoms with Crippen LogP contribution in [0.2, 0.25) is 0 Å². The van der Waals surface area contributed by atoms with E-state index >= 15 is 0 Å². The van der Waals surface area contributed by atoms with E-state index in [1.165, 1.54) is 24.5 Å². The van der Waals surface area contributed by atoms with E-state index in [-0.39, 0.29) is 24.2 Å². The number of carbonyl (C=O) groups is 1. The van der Waals surface area contributed by atoms with Crippen molar-refractivity contribution in [3.05, 3.63) is 88.1 Å². The fraction of sp³-hybridized carbons (Fsp3) is 0.333. The topological polar surface area (TPSA) is 100 Å². The van der Waals surface area contributed by atoms with Crippen LogP contribution in [0.3, 0.4) is 0 Å². The van der Waals surface area contributed by atoms with Crippen LogP contribution in [0.1, 0.15) is 36.1 Å². The van der Waals surface area contributed by atoms with Crippen molar-refractivity contribution >= 4 is 5.91 Å². The number of piperidine rings is 1. The number of aromatic amines is 1. The van der Waals surface area contributed by atoms with Gasteiger partial charge in [0.15, 0.2) is 5.75 Å². The zero-order valence-electron chi connectivity index (χ0n) is 18.8. The summed E-state index contributed by atoms with van der Waals surface area (Å²) >= 11 is 0. The Balaban J connectivity index is 1.66. The van der Waals surface area contributed by atoms with Crippen molar-refractivity contribution in [3.8, 4) is 5.75 Å². The fourth-order valence-electron chi connectivity index (χ4n) is 4.15. The Labute approximate surface area is 194 Å². The molecule has 1 aliphatic heterocycles. The lowest BCUT2D eigenvalue weighted by Crippen LogP contribution is -2.60. The summed E-state index contributed by atoms with van der Waals surface area (Å²) in [6.07, 6.45) is 2.29. The quantitative estimate of drug-likeness (QED) is 0.539. The molecular formula is C24H25F2N5O3. The van der Waals surface area contributed by atoms with E-state index in [1.807, 2.05) is 19.1 Å². The largest absolute Gasteiger partial charge is 0.379 e. The average Bonchev–Trinajstić information content (AvgIpc) is 2.84. The molecule has 1 amide bonds. The number of H-pyrrole nitrogens is 1. The van der Waals surface area contributed by atoms with Crippen LogP contribution in [0, 0.1) is 6.92 Å². The van der Waals surface area contributed by atoms with Crippen LogP contribution in [0.15, 0.2) is 65.7 Å². The molecule has 8 nitrogen and oxygen atoms in total. The van der Waals surface area contributed by atoms with Crippen molar-refractivity contribution in [3.63, 3.8) is 0 Å². The number of pyridine rings is 1. The molecule has 3 aromatic rings. The molecule has 1 fully saturated rings. The molecule has 2 N–H and O–H groups in total. The van der Waals surface area contributed by atoms with Crippen LogP contribution in [0.5, 0.6) is 5.75 Å². The highest BCUT2D eigenvalue weighted by Crippen LogP contribution is 2.43. The predicted molar refractivity (Wildman–Crippen MR) is 120 cm³/mol. The van der Waals surface area contributed by atoms with Gasteiger partial charge in [0.1, 0.15) is 5.54 Å². The first kappa shape index (κ1) is 23.5. The third-order valence-electron chi connectivity index (χ3n) is 6.33. The van der Waals surface area contributed by atoms with Gasteiger partial charge < -0.3 is 9.82 Å². The third-order valence-corrected chi connectivity index (χ3v) is 6.33. The molecule has 2 aromatic heterocycles. The van der Waals surface area contributed by atoms with E-state index in [2.05, 4.69) is 20.7 Å². The van der Waals surface area contributed by atoms with Gasteiger partial charge in [0, 0.05) is 38.0 Å². The number of para-hydroxylation sites is 1. The Morgan fingerprint density at radius 1 is 1.24 bits per heavy atom. The fourth-order valence-corrected chi connectivity index (χ4v) is 4.15. The lowest BCUT2D eigenvalue weighted by Gasteiger charge is -2.46. The number of hydroxylamine groups is 1. The summed E-state index contributed by atoms with van der Waals surface area (Å²) in [7, 11) is 0. The molecule has 1 aromatic carbocycles. The maximum atomic E-state index is 15.0. The molecule has 178 valence electrons. The number of benzene rings is 1. The van der Waals surface area contributed by atoms with E-state index in [4.69, 9.17) is 4.84 Å². The first-order valence-corrected chi connectivity index (χ1v) is 10.8. The minimum atomic E-state index is -3.02. The second-order valence-corrected chi connectivity index (χ2v) is 8.48. The molecule has 0 radical (unpaired) electrons. The minimum Gasteiger partial charge on any atom is -0.379 e. The summed E-state index contributed by atoms with van der Waals surface area (Å²) in [6, 6.07) is 13.0. The Kier molecular flexibility index (Phi) is 6.43. The van der Waals surface area contributed by atoms with Gasteiger partial charge in [-0.1, -0.05) is 24.3 Å². The van der Waals surface area contributed by atoms with Crippen LogP contribution in [0.25, 0.3) is 0 Å². The molecule has 0 bridgehead atoms. The number of amides is 1. The van der Waals surface area contributed by atoms with Gasteiger partial charge in [0.2, 0.25) is 5.56 Å². The van der Waals surface area contributed by atoms with Crippen LogP contribution in [-0.2, 0) is 10.3 Å². The average molecular weight is 469 g/mol. The van der Waals surface area contributed by atoms with Crippen molar-refractivity contribution in [1.29, 1.82) is 0 Å². The molecule has 0 saturated carbocycles. The van der Waals surface area contributed by atoms with Crippen molar-refractivity contribution < 1.29 is 18.4 Å². The van der Waals surface area contributed by atoms with E-state index in [0.717, 1.165) is 5.56 Å². The number of rotatable bonds is 6. The maximum absolute atomic E-state index is 15.0. The standard InChI is InChI=1S/C24H25F2N5O3/c1-16-6-3-4-7-19(16)34-30-22(33)23(2,20-8-5-12-28-29-20)31-13-11-24(25,26)18(15-31)17-9-10-21(32)27-14-17/h3-10,12,14,18H,11,13,15H2,1-2H3,(H,27,32)(H,30,33)/t18-,23?/m1/s1. The van der Waals surface area contributed by atoms with Gasteiger partial charge in [-0.2, -0.15) is 15.7 Å². The van der Waals surface area contributed by atoms with E-state index in [1.54, 1.807) is 36.1 Å². The third kappa shape index (κ3) is 4.54. The molecule has 1 saturated heterocycles. The summed E-state index contributed by atoms with van der Waals surface area (Å²) in [6.45, 7) is 3.24. The number of likely N-dealkylation sites (tertiary alicyclic amines) is 1. The minimum absolute atomic E-state index is 0.0578. The number of hydrogen-bond donors (Lipinski definition) is 2. The molecule has 10 heteroatoms. The molecular weight excluding hydrogens is 444 g/mol. The van der Waals surface area contributed by atoms with Crippen LogP contribution in [0.4, 0.5) is 8.78 Å². The zero-order valence-corrected chi connectivity index (χ0v) is 18.8.